The van der Waals surface area contributed by atoms with E-state index in [1.807, 2.05) is 182 Å². The predicted molar refractivity (Wildman–Crippen MR) is 502 cm³/mol. The van der Waals surface area contributed by atoms with Gasteiger partial charge in [-0.1, -0.05) is 163 Å². The van der Waals surface area contributed by atoms with Crippen LogP contribution in [0.4, 0.5) is 35.9 Å². The van der Waals surface area contributed by atoms with Crippen LogP contribution < -0.4 is 66.2 Å². The molecule has 10 rings (SSSR count). The zero-order valence-electron chi connectivity index (χ0n) is 69.7. The molecular weight excluding hydrogens is 1600 g/mol. The van der Waals surface area contributed by atoms with Crippen LogP contribution in [0.5, 0.6) is 34.5 Å². The van der Waals surface area contributed by atoms with E-state index in [1.165, 1.54) is 55.5 Å². The molecular formula is C95H134F3N7O17S. The maximum atomic E-state index is 12.3. The molecule has 0 radical (unpaired) electrons. The van der Waals surface area contributed by atoms with E-state index in [4.69, 9.17) is 34.2 Å². The van der Waals surface area contributed by atoms with Crippen molar-refractivity contribution in [2.75, 3.05) is 63.8 Å². The number of halogens is 3. The maximum Gasteiger partial charge on any atom is 0.534 e. The number of aldehydes is 1. The first-order chi connectivity index (χ1) is 54.1. The molecule has 0 saturated heterocycles. The van der Waals surface area contributed by atoms with E-state index in [1.54, 1.807) is 65.7 Å². The highest BCUT2D eigenvalue weighted by molar-refractivity contribution is 7.88. The Labute approximate surface area is 726 Å². The molecule has 0 aliphatic carbocycles. The molecule has 10 aromatic rings. The van der Waals surface area contributed by atoms with E-state index in [0.29, 0.717) is 46.9 Å². The fourth-order valence-corrected chi connectivity index (χ4v) is 11.0. The first-order valence-electron chi connectivity index (χ1n) is 36.3. The van der Waals surface area contributed by atoms with Gasteiger partial charge >= 0.3 is 21.6 Å². The van der Waals surface area contributed by atoms with Crippen molar-refractivity contribution in [1.29, 1.82) is 0 Å². The van der Waals surface area contributed by atoms with Crippen LogP contribution in [0.25, 0.3) is 38.8 Å². The molecule has 0 spiro atoms. The van der Waals surface area contributed by atoms with Gasteiger partial charge in [0.05, 0.1) is 70.1 Å². The zero-order chi connectivity index (χ0) is 87.5. The molecule has 3 amide bonds. The van der Waals surface area contributed by atoms with Crippen molar-refractivity contribution >= 4 is 102 Å². The topological polar surface area (TPSA) is 345 Å². The van der Waals surface area contributed by atoms with Gasteiger partial charge in [-0.2, -0.15) is 21.6 Å². The van der Waals surface area contributed by atoms with Gasteiger partial charge in [-0.15, -0.1) is 6.58 Å². The summed E-state index contributed by atoms with van der Waals surface area (Å²) in [5.41, 5.74) is 11.0. The van der Waals surface area contributed by atoms with Crippen molar-refractivity contribution in [3.8, 4) is 34.5 Å². The number of aromatic amines is 3. The number of fused-ring (bicyclic) bond motifs is 3. The van der Waals surface area contributed by atoms with Gasteiger partial charge in [0.1, 0.15) is 28.7 Å². The number of methoxy groups -OCH3 is 5. The number of nitrogen functional groups attached to an aromatic ring is 1. The Balaban J connectivity index is -0.000000672. The van der Waals surface area contributed by atoms with Crippen LogP contribution in [-0.2, 0) is 40.5 Å². The molecule has 123 heavy (non-hydrogen) atoms. The van der Waals surface area contributed by atoms with Crippen molar-refractivity contribution in [2.24, 2.45) is 16.2 Å². The largest absolute Gasteiger partial charge is 0.534 e. The molecule has 24 nitrogen and oxygen atoms in total. The molecule has 28 heteroatoms. The molecule has 0 aliphatic rings. The van der Waals surface area contributed by atoms with Gasteiger partial charge in [-0.3, -0.25) is 33.6 Å². The predicted octanol–water partition coefficient (Wildman–Crippen LogP) is 21.9. The SMILES string of the molecule is C.C.C.C.C.C.C.C=CCc1c(C)ccc2[nH]c(=O)ccc12.CCOC(=O)C=Cc1c(NC(=O)C(C)(C)C)ccc(C)c1OC.COc1c(C)ccc(NC(=O)C(C)(C)C)c1C=O.COc1c(C)ccc2[nH]c(=O)ccc12.COc1cc(N)ccc1C.COc1cc(NC(=O)C(C)(C)C)ccc1C.Cc1ccc2[nH]c(=O)ccc2c1OS(=O)(=O)C(F)(F)F. The summed E-state index contributed by atoms with van der Waals surface area (Å²) in [6.45, 7) is 35.5. The molecule has 0 aliphatic heterocycles. The number of anilines is 4. The number of aromatic nitrogens is 3. The number of nitrogens with one attached hydrogen (secondary N) is 6. The van der Waals surface area contributed by atoms with Gasteiger partial charge in [0, 0.05) is 91.3 Å². The quantitative estimate of drug-likeness (QED) is 0.00898. The molecule has 3 aromatic heterocycles. The number of rotatable bonds is 16. The van der Waals surface area contributed by atoms with Crippen LogP contribution in [0.1, 0.15) is 182 Å². The zero-order valence-corrected chi connectivity index (χ0v) is 70.5. The molecule has 3 heterocycles. The summed E-state index contributed by atoms with van der Waals surface area (Å²) in [4.78, 5) is 100.0. The normalized spacial score (nSPS) is 10.4. The number of esters is 1. The summed E-state index contributed by atoms with van der Waals surface area (Å²) in [6.07, 6.45) is 6.34. The van der Waals surface area contributed by atoms with Crippen molar-refractivity contribution in [3.63, 3.8) is 0 Å². The van der Waals surface area contributed by atoms with E-state index < -0.39 is 49.1 Å². The van der Waals surface area contributed by atoms with Crippen LogP contribution in [0.2, 0.25) is 0 Å². The lowest BCUT2D eigenvalue weighted by Gasteiger charge is -2.20. The van der Waals surface area contributed by atoms with Crippen LogP contribution in [0.3, 0.4) is 0 Å². The summed E-state index contributed by atoms with van der Waals surface area (Å²) < 4.78 is 94.4. The Bertz CT molecular complexity index is 5500. The Kier molecular flexibility index (Phi) is 49.4. The number of aryl methyl sites for hydroxylation is 7. The van der Waals surface area contributed by atoms with E-state index in [9.17, 15) is 59.9 Å². The molecule has 0 atom stereocenters. The number of nitrogens with two attached hydrogens (primary N) is 1. The lowest BCUT2D eigenvalue weighted by molar-refractivity contribution is -0.137. The van der Waals surface area contributed by atoms with Crippen molar-refractivity contribution < 1.29 is 78.2 Å². The van der Waals surface area contributed by atoms with Crippen LogP contribution >= 0.6 is 0 Å². The molecule has 8 N–H and O–H groups in total. The molecule has 678 valence electrons. The van der Waals surface area contributed by atoms with Crippen molar-refractivity contribution in [3.05, 3.63) is 239 Å². The second kappa shape index (κ2) is 52.0. The first-order valence-corrected chi connectivity index (χ1v) is 37.7. The highest BCUT2D eigenvalue weighted by Crippen LogP contribution is 2.37. The van der Waals surface area contributed by atoms with Crippen molar-refractivity contribution in [1.82, 2.24) is 15.0 Å². The second-order valence-corrected chi connectivity index (χ2v) is 30.8. The Morgan fingerprint density at radius 2 is 0.813 bits per heavy atom. The first kappa shape index (κ1) is 117. The van der Waals surface area contributed by atoms with Crippen LogP contribution in [-0.4, -0.2) is 101 Å². The third-order valence-electron chi connectivity index (χ3n) is 17.0. The number of benzene rings is 7. The Hall–Kier alpha value is -12.5. The fourth-order valence-electron chi connectivity index (χ4n) is 10.5. The Morgan fingerprint density at radius 3 is 1.21 bits per heavy atom. The number of ether oxygens (including phenoxy) is 6. The van der Waals surface area contributed by atoms with Gasteiger partial charge in [0.2, 0.25) is 34.4 Å². The molecule has 0 bridgehead atoms. The minimum absolute atomic E-state index is 0. The van der Waals surface area contributed by atoms with Crippen LogP contribution in [0.15, 0.2) is 167 Å². The number of amides is 3. The third-order valence-corrected chi connectivity index (χ3v) is 18.0. The van der Waals surface area contributed by atoms with Crippen molar-refractivity contribution in [2.45, 2.75) is 182 Å². The number of allylic oxidation sites excluding steroid dienone is 1. The highest BCUT2D eigenvalue weighted by atomic mass is 32.2. The summed E-state index contributed by atoms with van der Waals surface area (Å²) in [7, 11) is 2.19. The number of carbonyl (C=O) groups excluding carboxylic acids is 5. The van der Waals surface area contributed by atoms with Gasteiger partial charge in [0.25, 0.3) is 0 Å². The standard InChI is InChI=1S/C18H25NO4.C14H19NO3.C13H19NO2.C13H13NO.C11H8F3NO4S.C11H11NO2.C8H11NO.7CH4/c1-7-23-15(20)11-9-13-14(19-17(21)18(3,4)5)10-8-12(2)16(13)22-6;1-9-6-7-11(10(8-16)12(9)18-5)15-13(17)14(2,3)4;1-9-6-7-10(8-11(9)16-5)14-12(15)13(2,3)4;1-3-4-10-9(2)5-7-12-11(10)6-8-13(15)14-12;1-6-2-4-8-7(3-5-9(16)15-8)10(6)19-20(17,18)11(12,13)14;1-7-3-5-9-8(11(7)14-2)4-6-10(13)12-9;1-6-3-4-7(9)5-8(6)10-2;;;;;;;/h8-11H,7H2,1-6H3,(H,19,21);6-8H,1-5H3,(H,15,17);6-8H,1-5H3,(H,14,15);3,5-8H,1,4H2,2H3,(H,14,15);2-5H,1H3,(H,15,16);3-6H,1-2H3,(H,12,13);3-5H,9H2,1-2H3;7*1H4. The number of carbonyl (C=O) groups is 5. The summed E-state index contributed by atoms with van der Waals surface area (Å²) in [5, 5.41) is 10.6. The van der Waals surface area contributed by atoms with E-state index in [0.717, 1.165) is 90.7 Å². The minimum Gasteiger partial charge on any atom is -0.496 e. The molecule has 0 saturated carbocycles. The van der Waals surface area contributed by atoms with E-state index in [2.05, 4.69) is 48.6 Å². The lowest BCUT2D eigenvalue weighted by atomic mass is 9.95. The van der Waals surface area contributed by atoms with Gasteiger partial charge < -0.3 is 69.2 Å². The molecule has 0 unspecified atom stereocenters. The Morgan fingerprint density at radius 1 is 0.455 bits per heavy atom. The second-order valence-electron chi connectivity index (χ2n) is 29.3. The molecule has 0 fully saturated rings. The van der Waals surface area contributed by atoms with E-state index >= 15 is 0 Å². The van der Waals surface area contributed by atoms with Gasteiger partial charge in [-0.05, 0) is 173 Å². The monoisotopic (exact) mass is 1730 g/mol. The lowest BCUT2D eigenvalue weighted by Crippen LogP contribution is -2.28. The smallest absolute Gasteiger partial charge is 0.496 e. The van der Waals surface area contributed by atoms with E-state index in [-0.39, 0.29) is 97.3 Å². The number of pyridine rings is 3. The number of alkyl halides is 3. The van der Waals surface area contributed by atoms with Gasteiger partial charge in [0.15, 0.2) is 12.0 Å². The summed E-state index contributed by atoms with van der Waals surface area (Å²) in [5.74, 6) is 2.39. The fraction of sp³-hybridized carbons (Fsp3) is 0.368. The minimum atomic E-state index is -5.77. The summed E-state index contributed by atoms with van der Waals surface area (Å²) >= 11 is 0. The number of hydrogen-bond donors (Lipinski definition) is 7. The summed E-state index contributed by atoms with van der Waals surface area (Å²) in [6, 6.07) is 38.0. The average Bonchev–Trinajstić information content (AvgIpc) is 0.797. The average molecular weight is 1740 g/mol. The molecule has 7 aromatic carbocycles. The highest BCUT2D eigenvalue weighted by Gasteiger charge is 2.49. The third kappa shape index (κ3) is 34.2. The number of H-pyrrole nitrogens is 3. The van der Waals surface area contributed by atoms with Crippen LogP contribution in [0, 0.1) is 64.7 Å². The number of hydrogen-bond acceptors (Lipinski definition) is 18. The maximum absolute atomic E-state index is 12.3. The van der Waals surface area contributed by atoms with Gasteiger partial charge in [-0.25, -0.2) is 4.79 Å².